The van der Waals surface area contributed by atoms with Crippen molar-refractivity contribution in [1.82, 2.24) is 0 Å². The first kappa shape index (κ1) is 17.4. The van der Waals surface area contributed by atoms with Gasteiger partial charge >= 0.3 is 5.97 Å². The van der Waals surface area contributed by atoms with E-state index in [0.717, 1.165) is 18.4 Å². The third-order valence-corrected chi connectivity index (χ3v) is 5.55. The largest absolute Gasteiger partial charge is 0.478 e. The molecule has 0 radical (unpaired) electrons. The second-order valence-electron chi connectivity index (χ2n) is 6.55. The Kier molecular flexibility index (Phi) is 5.34. The molecule has 0 fully saturated rings. The molecule has 0 aliphatic heterocycles. The Balaban J connectivity index is 1.67. The number of aromatic carboxylic acids is 1. The zero-order valence-corrected chi connectivity index (χ0v) is 15.3. The molecular formula is C22H22O2S. The lowest BCUT2D eigenvalue weighted by Gasteiger charge is -2.05. The smallest absolute Gasteiger partial charge is 0.335 e. The van der Waals surface area contributed by atoms with Crippen LogP contribution in [0.15, 0.2) is 60.7 Å². The van der Waals surface area contributed by atoms with Gasteiger partial charge in [0.2, 0.25) is 0 Å². The Labute approximate surface area is 152 Å². The zero-order valence-electron chi connectivity index (χ0n) is 14.5. The lowest BCUT2D eigenvalue weighted by Crippen LogP contribution is -1.97. The van der Waals surface area contributed by atoms with Crippen LogP contribution in [0.4, 0.5) is 0 Å². The maximum Gasteiger partial charge on any atom is 0.335 e. The first-order valence-corrected chi connectivity index (χ1v) is 9.36. The van der Waals surface area contributed by atoms with Gasteiger partial charge in [-0.05, 0) is 59.7 Å². The average Bonchev–Trinajstić information content (AvgIpc) is 3.09. The van der Waals surface area contributed by atoms with Crippen molar-refractivity contribution in [3.05, 3.63) is 82.2 Å². The summed E-state index contributed by atoms with van der Waals surface area (Å²) in [6.45, 7) is 4.41. The summed E-state index contributed by atoms with van der Waals surface area (Å²) in [5.74, 6) is -0.320. The van der Waals surface area contributed by atoms with Crippen LogP contribution in [-0.2, 0) is 12.8 Å². The minimum atomic E-state index is -0.870. The standard InChI is InChI=1S/C22H22O2S/c1-15(2)17-7-9-18(10-8-17)21-13-12-20(25-21)11-6-16-4-3-5-19(14-16)22(23)24/h3-5,7-10,12-15H,6,11H2,1-2H3,(H,23,24). The summed E-state index contributed by atoms with van der Waals surface area (Å²) >= 11 is 1.81. The lowest BCUT2D eigenvalue weighted by molar-refractivity contribution is 0.0696. The normalized spacial score (nSPS) is 11.0. The minimum absolute atomic E-state index is 0.356. The summed E-state index contributed by atoms with van der Waals surface area (Å²) in [6.07, 6.45) is 1.78. The fourth-order valence-electron chi connectivity index (χ4n) is 2.83. The van der Waals surface area contributed by atoms with Gasteiger partial charge in [-0.3, -0.25) is 0 Å². The van der Waals surface area contributed by atoms with Crippen molar-refractivity contribution in [2.45, 2.75) is 32.6 Å². The van der Waals surface area contributed by atoms with E-state index < -0.39 is 5.97 Å². The van der Waals surface area contributed by atoms with E-state index in [1.54, 1.807) is 12.1 Å². The van der Waals surface area contributed by atoms with Gasteiger partial charge < -0.3 is 5.11 Å². The molecule has 2 nitrogen and oxygen atoms in total. The van der Waals surface area contributed by atoms with Crippen LogP contribution < -0.4 is 0 Å². The maximum atomic E-state index is 11.1. The molecule has 0 amide bonds. The van der Waals surface area contributed by atoms with Crippen LogP contribution in [0.1, 0.15) is 46.1 Å². The van der Waals surface area contributed by atoms with Crippen LogP contribution in [0.3, 0.4) is 0 Å². The molecule has 0 spiro atoms. The molecule has 0 aliphatic rings. The highest BCUT2D eigenvalue weighted by atomic mass is 32.1. The van der Waals surface area contributed by atoms with Gasteiger partial charge in [0.15, 0.2) is 0 Å². The average molecular weight is 350 g/mol. The molecule has 0 saturated carbocycles. The number of rotatable bonds is 6. The van der Waals surface area contributed by atoms with E-state index in [9.17, 15) is 4.79 Å². The summed E-state index contributed by atoms with van der Waals surface area (Å²) in [5.41, 5.74) is 4.04. The fraction of sp³-hybridized carbons (Fsp3) is 0.227. The molecular weight excluding hydrogens is 328 g/mol. The highest BCUT2D eigenvalue weighted by Crippen LogP contribution is 2.30. The van der Waals surface area contributed by atoms with E-state index in [-0.39, 0.29) is 0 Å². The van der Waals surface area contributed by atoms with Crippen molar-refractivity contribution in [1.29, 1.82) is 0 Å². The van der Waals surface area contributed by atoms with Crippen LogP contribution in [0.25, 0.3) is 10.4 Å². The minimum Gasteiger partial charge on any atom is -0.478 e. The zero-order chi connectivity index (χ0) is 17.8. The van der Waals surface area contributed by atoms with Crippen molar-refractivity contribution >= 4 is 17.3 Å². The van der Waals surface area contributed by atoms with Crippen molar-refractivity contribution in [3.8, 4) is 10.4 Å². The van der Waals surface area contributed by atoms with Crippen LogP contribution in [-0.4, -0.2) is 11.1 Å². The number of carboxylic acid groups (broad SMARTS) is 1. The number of carbonyl (C=O) groups is 1. The molecule has 128 valence electrons. The van der Waals surface area contributed by atoms with E-state index in [0.29, 0.717) is 11.5 Å². The number of hydrogen-bond donors (Lipinski definition) is 1. The number of aryl methyl sites for hydroxylation is 2. The highest BCUT2D eigenvalue weighted by molar-refractivity contribution is 7.15. The van der Waals surface area contributed by atoms with E-state index in [1.807, 2.05) is 23.5 Å². The third-order valence-electron chi connectivity index (χ3n) is 4.36. The second-order valence-corrected chi connectivity index (χ2v) is 7.72. The predicted molar refractivity (Wildman–Crippen MR) is 105 cm³/mol. The van der Waals surface area contributed by atoms with Crippen LogP contribution >= 0.6 is 11.3 Å². The number of thiophene rings is 1. The first-order valence-electron chi connectivity index (χ1n) is 8.54. The van der Waals surface area contributed by atoms with Gasteiger partial charge in [-0.2, -0.15) is 0 Å². The van der Waals surface area contributed by atoms with Crippen LogP contribution in [0.5, 0.6) is 0 Å². The summed E-state index contributed by atoms with van der Waals surface area (Å²) in [6, 6.07) is 20.4. The summed E-state index contributed by atoms with van der Waals surface area (Å²) in [5, 5.41) is 9.08. The molecule has 25 heavy (non-hydrogen) atoms. The van der Waals surface area contributed by atoms with E-state index in [1.165, 1.54) is 20.9 Å². The van der Waals surface area contributed by atoms with Crippen molar-refractivity contribution in [3.63, 3.8) is 0 Å². The van der Waals surface area contributed by atoms with Crippen LogP contribution in [0, 0.1) is 0 Å². The van der Waals surface area contributed by atoms with Crippen molar-refractivity contribution < 1.29 is 9.90 Å². The predicted octanol–water partition coefficient (Wildman–Crippen LogP) is 6.02. The number of carboxylic acids is 1. The molecule has 0 saturated heterocycles. The third kappa shape index (κ3) is 4.37. The van der Waals surface area contributed by atoms with Crippen molar-refractivity contribution in [2.24, 2.45) is 0 Å². The van der Waals surface area contributed by atoms with Crippen LogP contribution in [0.2, 0.25) is 0 Å². The van der Waals surface area contributed by atoms with Gasteiger partial charge in [0, 0.05) is 9.75 Å². The Hall–Kier alpha value is -2.39. The molecule has 0 aliphatic carbocycles. The Morgan fingerprint density at radius 2 is 1.76 bits per heavy atom. The van der Waals surface area contributed by atoms with Gasteiger partial charge in [-0.1, -0.05) is 50.2 Å². The summed E-state index contributed by atoms with van der Waals surface area (Å²) in [4.78, 5) is 13.7. The lowest BCUT2D eigenvalue weighted by atomic mass is 10.0. The topological polar surface area (TPSA) is 37.3 Å². The maximum absolute atomic E-state index is 11.1. The van der Waals surface area contributed by atoms with Gasteiger partial charge in [0.1, 0.15) is 0 Å². The Morgan fingerprint density at radius 1 is 1.00 bits per heavy atom. The SMILES string of the molecule is CC(C)c1ccc(-c2ccc(CCc3cccc(C(=O)O)c3)s2)cc1. The fourth-order valence-corrected chi connectivity index (χ4v) is 3.84. The number of benzene rings is 2. The molecule has 0 bridgehead atoms. The molecule has 0 atom stereocenters. The Bertz CT molecular complexity index is 860. The molecule has 1 heterocycles. The Morgan fingerprint density at radius 3 is 2.44 bits per heavy atom. The van der Waals surface area contributed by atoms with Crippen molar-refractivity contribution in [2.75, 3.05) is 0 Å². The highest BCUT2D eigenvalue weighted by Gasteiger charge is 2.07. The number of hydrogen-bond acceptors (Lipinski definition) is 2. The first-order chi connectivity index (χ1) is 12.0. The summed E-state index contributed by atoms with van der Waals surface area (Å²) < 4.78 is 0. The monoisotopic (exact) mass is 350 g/mol. The van der Waals surface area contributed by atoms with E-state index >= 15 is 0 Å². The van der Waals surface area contributed by atoms with Gasteiger partial charge in [-0.25, -0.2) is 4.79 Å². The van der Waals surface area contributed by atoms with E-state index in [4.69, 9.17) is 5.11 Å². The molecule has 3 heteroatoms. The molecule has 2 aromatic carbocycles. The summed E-state index contributed by atoms with van der Waals surface area (Å²) in [7, 11) is 0. The van der Waals surface area contributed by atoms with Gasteiger partial charge in [0.05, 0.1) is 5.56 Å². The molecule has 3 rings (SSSR count). The molecule has 1 N–H and O–H groups in total. The van der Waals surface area contributed by atoms with E-state index in [2.05, 4.69) is 50.2 Å². The second kappa shape index (κ2) is 7.66. The molecule has 3 aromatic rings. The molecule has 0 unspecified atom stereocenters. The molecule has 1 aromatic heterocycles. The van der Waals surface area contributed by atoms with Gasteiger partial charge in [-0.15, -0.1) is 11.3 Å². The quantitative estimate of drug-likeness (QED) is 0.590. The van der Waals surface area contributed by atoms with Gasteiger partial charge in [0.25, 0.3) is 0 Å².